The molecule has 0 bridgehead atoms. The number of anilines is 2. The molecule has 1 aliphatic rings. The van der Waals surface area contributed by atoms with Gasteiger partial charge in [-0.2, -0.15) is 5.10 Å². The van der Waals surface area contributed by atoms with E-state index in [4.69, 9.17) is 0 Å². The van der Waals surface area contributed by atoms with Crippen molar-refractivity contribution in [3.63, 3.8) is 0 Å². The molecule has 1 unspecified atom stereocenters. The van der Waals surface area contributed by atoms with Crippen LogP contribution in [0.4, 0.5) is 16.3 Å². The first kappa shape index (κ1) is 11.8. The van der Waals surface area contributed by atoms with Gasteiger partial charge in [-0.15, -0.1) is 0 Å². The molecule has 0 radical (unpaired) electrons. The van der Waals surface area contributed by atoms with Gasteiger partial charge in [0.25, 0.3) is 0 Å². The van der Waals surface area contributed by atoms with E-state index in [1.807, 2.05) is 23.1 Å². The lowest BCUT2D eigenvalue weighted by atomic mass is 10.1. The van der Waals surface area contributed by atoms with Crippen LogP contribution in [-0.2, 0) is 13.5 Å². The molecule has 1 aromatic carbocycles. The number of hydrogen-bond acceptors (Lipinski definition) is 2. The summed E-state index contributed by atoms with van der Waals surface area (Å²) in [6.07, 6.45) is 2.56. The second-order valence-electron chi connectivity index (χ2n) is 4.82. The van der Waals surface area contributed by atoms with Gasteiger partial charge < -0.3 is 0 Å². The number of rotatable bonds is 1. The van der Waals surface area contributed by atoms with E-state index in [0.29, 0.717) is 5.82 Å². The number of carbonyl (C=O) groups excluding carboxylic acids is 1. The van der Waals surface area contributed by atoms with Gasteiger partial charge in [0, 0.05) is 24.8 Å². The molecule has 1 N–H and O–H groups in total. The van der Waals surface area contributed by atoms with E-state index in [-0.39, 0.29) is 12.1 Å². The number of para-hydroxylation sites is 1. The Labute approximate surface area is 111 Å². The van der Waals surface area contributed by atoms with Crippen LogP contribution in [0.3, 0.4) is 0 Å². The Morgan fingerprint density at radius 1 is 1.37 bits per heavy atom. The summed E-state index contributed by atoms with van der Waals surface area (Å²) in [7, 11) is 1.80. The second kappa shape index (κ2) is 4.42. The van der Waals surface area contributed by atoms with Crippen molar-refractivity contribution in [3.05, 3.63) is 42.1 Å². The SMILES string of the molecule is CC1Cc2ccccc2N1C(=O)Nc1ccnn1C. The minimum absolute atomic E-state index is 0.110. The van der Waals surface area contributed by atoms with Crippen LogP contribution in [0.1, 0.15) is 12.5 Å². The van der Waals surface area contributed by atoms with E-state index < -0.39 is 0 Å². The highest BCUT2D eigenvalue weighted by Gasteiger charge is 2.30. The first-order chi connectivity index (χ1) is 9.16. The van der Waals surface area contributed by atoms with Gasteiger partial charge in [0.2, 0.25) is 0 Å². The van der Waals surface area contributed by atoms with Crippen molar-refractivity contribution >= 4 is 17.5 Å². The molecule has 0 aliphatic carbocycles. The van der Waals surface area contributed by atoms with Crippen molar-refractivity contribution in [2.75, 3.05) is 10.2 Å². The molecule has 19 heavy (non-hydrogen) atoms. The van der Waals surface area contributed by atoms with Gasteiger partial charge >= 0.3 is 6.03 Å². The Morgan fingerprint density at radius 2 is 2.16 bits per heavy atom. The van der Waals surface area contributed by atoms with Crippen LogP contribution in [0.2, 0.25) is 0 Å². The van der Waals surface area contributed by atoms with Crippen molar-refractivity contribution in [2.24, 2.45) is 7.05 Å². The summed E-state index contributed by atoms with van der Waals surface area (Å²) >= 11 is 0. The number of benzene rings is 1. The zero-order valence-electron chi connectivity index (χ0n) is 11.0. The van der Waals surface area contributed by atoms with Crippen LogP contribution < -0.4 is 10.2 Å². The number of amides is 2. The van der Waals surface area contributed by atoms with Gasteiger partial charge in [0.05, 0.1) is 6.20 Å². The van der Waals surface area contributed by atoms with Crippen molar-refractivity contribution in [2.45, 2.75) is 19.4 Å². The molecule has 2 amide bonds. The molecule has 5 nitrogen and oxygen atoms in total. The van der Waals surface area contributed by atoms with Crippen LogP contribution in [0.25, 0.3) is 0 Å². The monoisotopic (exact) mass is 256 g/mol. The predicted octanol–water partition coefficient (Wildman–Crippen LogP) is 2.40. The first-order valence-corrected chi connectivity index (χ1v) is 6.33. The van der Waals surface area contributed by atoms with Gasteiger partial charge in [-0.25, -0.2) is 4.79 Å². The topological polar surface area (TPSA) is 50.2 Å². The summed E-state index contributed by atoms with van der Waals surface area (Å²) in [5.74, 6) is 0.696. The average molecular weight is 256 g/mol. The molecule has 0 fully saturated rings. The molecule has 98 valence electrons. The standard InChI is InChI=1S/C14H16N4O/c1-10-9-11-5-3-4-6-12(11)18(10)14(19)16-13-7-8-15-17(13)2/h3-8,10H,9H2,1-2H3,(H,16,19). The molecule has 3 rings (SSSR count). The molecule has 1 aromatic heterocycles. The van der Waals surface area contributed by atoms with Gasteiger partial charge in [0.15, 0.2) is 0 Å². The number of carbonyl (C=O) groups is 1. The van der Waals surface area contributed by atoms with Crippen LogP contribution >= 0.6 is 0 Å². The predicted molar refractivity (Wildman–Crippen MR) is 74.3 cm³/mol. The highest BCUT2D eigenvalue weighted by Crippen LogP contribution is 2.32. The molecule has 2 heterocycles. The van der Waals surface area contributed by atoms with Gasteiger partial charge in [-0.3, -0.25) is 14.9 Å². The number of hydrogen-bond donors (Lipinski definition) is 1. The molecular weight excluding hydrogens is 240 g/mol. The van der Waals surface area contributed by atoms with E-state index in [2.05, 4.69) is 23.4 Å². The van der Waals surface area contributed by atoms with Crippen molar-refractivity contribution < 1.29 is 4.79 Å². The largest absolute Gasteiger partial charge is 0.327 e. The van der Waals surface area contributed by atoms with E-state index >= 15 is 0 Å². The molecule has 0 saturated heterocycles. The lowest BCUT2D eigenvalue weighted by Crippen LogP contribution is -2.39. The lowest BCUT2D eigenvalue weighted by Gasteiger charge is -2.23. The minimum Gasteiger partial charge on any atom is -0.292 e. The smallest absolute Gasteiger partial charge is 0.292 e. The highest BCUT2D eigenvalue weighted by molar-refractivity contribution is 6.03. The summed E-state index contributed by atoms with van der Waals surface area (Å²) < 4.78 is 1.64. The Balaban J connectivity index is 1.86. The van der Waals surface area contributed by atoms with Crippen LogP contribution in [0.15, 0.2) is 36.5 Å². The summed E-state index contributed by atoms with van der Waals surface area (Å²) in [5.41, 5.74) is 2.21. The third-order valence-corrected chi connectivity index (χ3v) is 3.48. The quantitative estimate of drug-likeness (QED) is 0.851. The average Bonchev–Trinajstić information content (AvgIpc) is 2.92. The first-order valence-electron chi connectivity index (χ1n) is 6.33. The summed E-state index contributed by atoms with van der Waals surface area (Å²) in [4.78, 5) is 14.2. The van der Waals surface area contributed by atoms with Crippen LogP contribution in [0, 0.1) is 0 Å². The van der Waals surface area contributed by atoms with E-state index in [0.717, 1.165) is 12.1 Å². The van der Waals surface area contributed by atoms with Gasteiger partial charge in [-0.05, 0) is 25.0 Å². The second-order valence-corrected chi connectivity index (χ2v) is 4.82. The third-order valence-electron chi connectivity index (χ3n) is 3.48. The Bertz CT molecular complexity index is 619. The molecular formula is C14H16N4O. The van der Waals surface area contributed by atoms with Gasteiger partial charge in [0.1, 0.15) is 5.82 Å². The third kappa shape index (κ3) is 1.97. The van der Waals surface area contributed by atoms with Gasteiger partial charge in [-0.1, -0.05) is 18.2 Å². The van der Waals surface area contributed by atoms with E-state index in [1.165, 1.54) is 5.56 Å². The molecule has 2 aromatic rings. The molecule has 0 saturated carbocycles. The van der Waals surface area contributed by atoms with E-state index in [1.54, 1.807) is 24.0 Å². The lowest BCUT2D eigenvalue weighted by molar-refractivity contribution is 0.255. The normalized spacial score (nSPS) is 17.4. The fraction of sp³-hybridized carbons (Fsp3) is 0.286. The number of aryl methyl sites for hydroxylation is 1. The van der Waals surface area contributed by atoms with Crippen LogP contribution in [-0.4, -0.2) is 21.9 Å². The number of aromatic nitrogens is 2. The fourth-order valence-corrected chi connectivity index (χ4v) is 2.54. The zero-order chi connectivity index (χ0) is 13.4. The molecule has 0 spiro atoms. The zero-order valence-corrected chi connectivity index (χ0v) is 11.0. The Morgan fingerprint density at radius 3 is 2.89 bits per heavy atom. The fourth-order valence-electron chi connectivity index (χ4n) is 2.54. The molecule has 1 atom stereocenters. The summed E-state index contributed by atoms with van der Waals surface area (Å²) in [6.45, 7) is 2.06. The van der Waals surface area contributed by atoms with Crippen molar-refractivity contribution in [3.8, 4) is 0 Å². The Hall–Kier alpha value is -2.30. The Kier molecular flexibility index (Phi) is 2.74. The molecule has 1 aliphatic heterocycles. The molecule has 5 heteroatoms. The number of urea groups is 1. The number of nitrogens with zero attached hydrogens (tertiary/aromatic N) is 3. The van der Waals surface area contributed by atoms with Crippen LogP contribution in [0.5, 0.6) is 0 Å². The minimum atomic E-state index is -0.110. The number of nitrogens with one attached hydrogen (secondary N) is 1. The van der Waals surface area contributed by atoms with Crippen molar-refractivity contribution in [1.29, 1.82) is 0 Å². The van der Waals surface area contributed by atoms with Crippen molar-refractivity contribution in [1.82, 2.24) is 9.78 Å². The maximum Gasteiger partial charge on any atom is 0.327 e. The summed E-state index contributed by atoms with van der Waals surface area (Å²) in [5, 5.41) is 6.93. The maximum atomic E-state index is 12.4. The number of fused-ring (bicyclic) bond motifs is 1. The highest BCUT2D eigenvalue weighted by atomic mass is 16.2. The summed E-state index contributed by atoms with van der Waals surface area (Å²) in [6, 6.07) is 9.87. The van der Waals surface area contributed by atoms with E-state index in [9.17, 15) is 4.79 Å². The maximum absolute atomic E-state index is 12.4.